The van der Waals surface area contributed by atoms with Gasteiger partial charge in [-0.15, -0.1) is 0 Å². The Morgan fingerprint density at radius 3 is 2.27 bits per heavy atom. The fourth-order valence-electron chi connectivity index (χ4n) is 4.28. The molecule has 0 bridgehead atoms. The van der Waals surface area contributed by atoms with Crippen molar-refractivity contribution in [2.24, 2.45) is 0 Å². The molecule has 1 fully saturated rings. The van der Waals surface area contributed by atoms with Gasteiger partial charge in [0, 0.05) is 31.5 Å². The lowest BCUT2D eigenvalue weighted by Gasteiger charge is -2.29. The number of likely N-dealkylation sites (tertiary alicyclic amines) is 1. The Balaban J connectivity index is 0.000000676. The van der Waals surface area contributed by atoms with Gasteiger partial charge in [0.25, 0.3) is 0 Å². The van der Waals surface area contributed by atoms with Crippen molar-refractivity contribution < 1.29 is 49.9 Å². The summed E-state index contributed by atoms with van der Waals surface area (Å²) in [5.41, 5.74) is 1.46. The van der Waals surface area contributed by atoms with Crippen molar-refractivity contribution in [3.63, 3.8) is 0 Å². The van der Waals surface area contributed by atoms with Crippen LogP contribution in [0.25, 0.3) is 0 Å². The minimum Gasteiger partial charge on any atom is -0.475 e. The molecule has 0 spiro atoms. The van der Waals surface area contributed by atoms with Gasteiger partial charge < -0.3 is 15.3 Å². The number of amides is 2. The van der Waals surface area contributed by atoms with Gasteiger partial charge in [-0.1, -0.05) is 36.4 Å². The molecule has 10 nitrogen and oxygen atoms in total. The van der Waals surface area contributed by atoms with Crippen LogP contribution in [0.1, 0.15) is 24.0 Å². The van der Waals surface area contributed by atoms with Crippen molar-refractivity contribution in [3.8, 4) is 0 Å². The smallest absolute Gasteiger partial charge is 0.475 e. The van der Waals surface area contributed by atoms with Gasteiger partial charge >= 0.3 is 12.1 Å². The summed E-state index contributed by atoms with van der Waals surface area (Å²) in [7, 11) is -4.55. The minimum absolute atomic E-state index is 0.0798. The van der Waals surface area contributed by atoms with Crippen molar-refractivity contribution in [1.82, 2.24) is 19.9 Å². The lowest BCUT2D eigenvalue weighted by Crippen LogP contribution is -2.54. The van der Waals surface area contributed by atoms with E-state index in [0.29, 0.717) is 24.5 Å². The molecule has 4 rings (SSSR count). The van der Waals surface area contributed by atoms with E-state index in [-0.39, 0.29) is 25.4 Å². The van der Waals surface area contributed by atoms with Crippen LogP contribution in [0.3, 0.4) is 0 Å². The third-order valence-corrected chi connectivity index (χ3v) is 7.84. The molecule has 2 heterocycles. The maximum atomic E-state index is 14.3. The van der Waals surface area contributed by atoms with Gasteiger partial charge in [-0.05, 0) is 48.6 Å². The number of aromatic nitrogens is 1. The van der Waals surface area contributed by atoms with E-state index >= 15 is 0 Å². The number of benzene rings is 2. The monoisotopic (exact) mass is 642 g/mol. The number of aliphatic carboxylic acids is 1. The number of carbonyl (C=O) groups is 3. The number of rotatable bonds is 9. The zero-order valence-corrected chi connectivity index (χ0v) is 23.6. The van der Waals surface area contributed by atoms with E-state index in [1.54, 1.807) is 12.1 Å². The van der Waals surface area contributed by atoms with Crippen molar-refractivity contribution in [2.45, 2.75) is 49.0 Å². The van der Waals surface area contributed by atoms with E-state index in [4.69, 9.17) is 9.90 Å². The number of carboxylic acid groups (broad SMARTS) is 1. The summed E-state index contributed by atoms with van der Waals surface area (Å²) in [6.07, 6.45) is -1.16. The minimum atomic E-state index is -5.08. The normalized spacial score (nSPS) is 15.6. The van der Waals surface area contributed by atoms with Gasteiger partial charge in [0.2, 0.25) is 21.8 Å². The third kappa shape index (κ3) is 9.54. The number of sulfonamides is 1. The first-order chi connectivity index (χ1) is 20.7. The number of alkyl halides is 3. The summed E-state index contributed by atoms with van der Waals surface area (Å²) < 4.78 is 87.7. The molecule has 3 aromatic rings. The van der Waals surface area contributed by atoms with Gasteiger partial charge in [0.15, 0.2) is 0 Å². The second kappa shape index (κ2) is 14.8. The molecular formula is C28H27F5N4O6S. The van der Waals surface area contributed by atoms with Crippen LogP contribution >= 0.6 is 0 Å². The van der Waals surface area contributed by atoms with E-state index in [2.05, 4.69) is 15.0 Å². The van der Waals surface area contributed by atoms with Gasteiger partial charge in [0.05, 0.1) is 0 Å². The molecule has 1 saturated heterocycles. The first-order valence-electron chi connectivity index (χ1n) is 13.0. The number of hydrogen-bond acceptors (Lipinski definition) is 6. The Morgan fingerprint density at radius 2 is 1.68 bits per heavy atom. The quantitative estimate of drug-likeness (QED) is 0.304. The Morgan fingerprint density at radius 1 is 1.02 bits per heavy atom. The van der Waals surface area contributed by atoms with Crippen LogP contribution in [0.15, 0.2) is 78.0 Å². The predicted octanol–water partition coefficient (Wildman–Crippen LogP) is 3.19. The predicted molar refractivity (Wildman–Crippen MR) is 145 cm³/mol. The van der Waals surface area contributed by atoms with Crippen molar-refractivity contribution in [3.05, 3.63) is 95.8 Å². The maximum absolute atomic E-state index is 14.3. The number of halogens is 5. The lowest BCUT2D eigenvalue weighted by molar-refractivity contribution is -0.192. The Bertz CT molecular complexity index is 1560. The molecule has 2 amide bonds. The van der Waals surface area contributed by atoms with Crippen LogP contribution in [0.2, 0.25) is 0 Å². The molecule has 2 aromatic carbocycles. The molecule has 1 aliphatic heterocycles. The maximum Gasteiger partial charge on any atom is 0.490 e. The lowest BCUT2D eigenvalue weighted by atomic mass is 10.1. The summed E-state index contributed by atoms with van der Waals surface area (Å²) in [5.74, 6) is -5.93. The number of nitrogens with zero attached hydrogens (tertiary/aromatic N) is 2. The highest BCUT2D eigenvalue weighted by Gasteiger charge is 2.39. The average molecular weight is 643 g/mol. The van der Waals surface area contributed by atoms with Gasteiger partial charge in [-0.25, -0.2) is 22.0 Å². The summed E-state index contributed by atoms with van der Waals surface area (Å²) in [5, 5.41) is 9.96. The molecular weight excluding hydrogens is 615 g/mol. The number of pyridine rings is 1. The number of carbonyl (C=O) groups excluding carboxylic acids is 2. The zero-order chi connectivity index (χ0) is 32.5. The van der Waals surface area contributed by atoms with Crippen LogP contribution in [-0.2, 0) is 37.4 Å². The van der Waals surface area contributed by atoms with Crippen molar-refractivity contribution in [1.29, 1.82) is 0 Å². The molecule has 236 valence electrons. The van der Waals surface area contributed by atoms with E-state index in [1.165, 1.54) is 17.3 Å². The summed E-state index contributed by atoms with van der Waals surface area (Å²) >= 11 is 0. The largest absolute Gasteiger partial charge is 0.490 e. The first kappa shape index (κ1) is 34.1. The molecule has 16 heteroatoms. The molecule has 1 aromatic heterocycles. The average Bonchev–Trinajstić information content (AvgIpc) is 3.46. The molecule has 0 unspecified atom stereocenters. The number of carboxylic acids is 1. The molecule has 0 aliphatic carbocycles. The third-order valence-electron chi connectivity index (χ3n) is 6.33. The Labute approximate surface area is 249 Å². The van der Waals surface area contributed by atoms with Crippen molar-refractivity contribution >= 4 is 27.8 Å². The highest BCUT2D eigenvalue weighted by atomic mass is 32.2. The Kier molecular flexibility index (Phi) is 11.5. The van der Waals surface area contributed by atoms with Gasteiger partial charge in [0.1, 0.15) is 28.6 Å². The van der Waals surface area contributed by atoms with E-state index in [0.717, 1.165) is 17.7 Å². The SMILES string of the molecule is O=C(NCc1ccccc1)[C@@H]1CCCN1C(=O)[C@H](Cc1cccnc1)NS(=O)(=O)c1ccc(F)cc1F.O=C(O)C(F)(F)F. The molecule has 3 N–H and O–H groups in total. The van der Waals surface area contributed by atoms with Crippen LogP contribution in [0, 0.1) is 11.6 Å². The second-order valence-corrected chi connectivity index (χ2v) is 11.2. The van der Waals surface area contributed by atoms with Crippen LogP contribution in [0.5, 0.6) is 0 Å². The zero-order valence-electron chi connectivity index (χ0n) is 22.8. The van der Waals surface area contributed by atoms with Gasteiger partial charge in [-0.3, -0.25) is 14.6 Å². The fraction of sp³-hybridized carbons (Fsp3) is 0.286. The van der Waals surface area contributed by atoms with Crippen LogP contribution in [0.4, 0.5) is 22.0 Å². The summed E-state index contributed by atoms with van der Waals surface area (Å²) in [4.78, 5) is 40.1. The van der Waals surface area contributed by atoms with Gasteiger partial charge in [-0.2, -0.15) is 17.9 Å². The molecule has 2 atom stereocenters. The molecule has 44 heavy (non-hydrogen) atoms. The summed E-state index contributed by atoms with van der Waals surface area (Å²) in [6, 6.07) is 12.6. The Hall–Kier alpha value is -4.44. The topological polar surface area (TPSA) is 146 Å². The van der Waals surface area contributed by atoms with Crippen LogP contribution in [-0.4, -0.2) is 66.0 Å². The molecule has 1 aliphatic rings. The van der Waals surface area contributed by atoms with Crippen molar-refractivity contribution in [2.75, 3.05) is 6.54 Å². The standard InChI is InChI=1S/C26H26F2N4O4S.C2HF3O2/c27-20-10-11-24(21(28)15-20)37(35,36)31-22(14-19-8-4-12-29-16-19)26(34)32-13-5-9-23(32)25(33)30-17-18-6-2-1-3-7-18;3-2(4,5)1(6)7/h1-4,6-8,10-12,15-16,22-23,31H,5,9,13-14,17H2,(H,30,33);(H,6,7)/t22-,23-;/m0./s1. The highest BCUT2D eigenvalue weighted by molar-refractivity contribution is 7.89. The van der Waals surface area contributed by atoms with E-state index < -0.39 is 56.7 Å². The van der Waals surface area contributed by atoms with Crippen LogP contribution < -0.4 is 10.0 Å². The first-order valence-corrected chi connectivity index (χ1v) is 14.5. The highest BCUT2D eigenvalue weighted by Crippen LogP contribution is 2.22. The molecule has 0 radical (unpaired) electrons. The fourth-order valence-corrected chi connectivity index (χ4v) is 5.53. The number of nitrogens with one attached hydrogen (secondary N) is 2. The second-order valence-electron chi connectivity index (χ2n) is 9.51. The summed E-state index contributed by atoms with van der Waals surface area (Å²) in [6.45, 7) is 0.548. The molecule has 0 saturated carbocycles. The van der Waals surface area contributed by atoms with E-state index in [1.807, 2.05) is 30.3 Å². The van der Waals surface area contributed by atoms with E-state index in [9.17, 15) is 40.0 Å². The number of hydrogen-bond donors (Lipinski definition) is 3.